The largest absolute Gasteiger partial charge is 0.512 e. The van der Waals surface area contributed by atoms with Gasteiger partial charge in [-0.3, -0.25) is 0 Å². The molecule has 0 amide bonds. The van der Waals surface area contributed by atoms with Crippen molar-refractivity contribution in [3.05, 3.63) is 11.3 Å². The van der Waals surface area contributed by atoms with E-state index in [0.717, 1.165) is 6.42 Å². The molecule has 3 heteroatoms. The van der Waals surface area contributed by atoms with E-state index in [0.29, 0.717) is 6.42 Å². The molecule has 0 bridgehead atoms. The normalized spacial score (nSPS) is 12.6. The number of hydrogen-bond donors (Lipinski definition) is 2. The minimum atomic E-state index is -1.03. The van der Waals surface area contributed by atoms with Crippen LogP contribution in [0.15, 0.2) is 11.3 Å². The number of carbonyl (C=O) groups is 1. The highest BCUT2D eigenvalue weighted by Gasteiger charge is 2.08. The van der Waals surface area contributed by atoms with Gasteiger partial charge in [-0.25, -0.2) is 4.79 Å². The van der Waals surface area contributed by atoms with Crippen LogP contribution in [-0.4, -0.2) is 16.2 Å². The fourth-order valence-corrected chi connectivity index (χ4v) is 0.693. The quantitative estimate of drug-likeness (QED) is 0.468. The van der Waals surface area contributed by atoms with Gasteiger partial charge in [-0.15, -0.1) is 0 Å². The Hall–Kier alpha value is -0.990. The molecule has 0 aliphatic carbocycles. The number of rotatable bonds is 3. The molecule has 0 aliphatic rings. The highest BCUT2D eigenvalue weighted by atomic mass is 16.4. The molecule has 0 aromatic rings. The second-order valence-corrected chi connectivity index (χ2v) is 2.12. The van der Waals surface area contributed by atoms with Crippen molar-refractivity contribution in [1.29, 1.82) is 0 Å². The van der Waals surface area contributed by atoms with Gasteiger partial charge in [-0.05, 0) is 13.3 Å². The minimum Gasteiger partial charge on any atom is -0.512 e. The predicted molar refractivity (Wildman–Crippen MR) is 37.9 cm³/mol. The van der Waals surface area contributed by atoms with E-state index in [2.05, 4.69) is 0 Å². The van der Waals surface area contributed by atoms with Crippen molar-refractivity contribution < 1.29 is 15.0 Å². The van der Waals surface area contributed by atoms with Gasteiger partial charge in [0.2, 0.25) is 0 Å². The highest BCUT2D eigenvalue weighted by molar-refractivity contribution is 5.86. The van der Waals surface area contributed by atoms with E-state index in [-0.39, 0.29) is 11.3 Å². The first-order valence-electron chi connectivity index (χ1n) is 3.21. The number of aliphatic carboxylic acids is 1. The average molecular weight is 144 g/mol. The average Bonchev–Trinajstić information content (AvgIpc) is 1.81. The van der Waals surface area contributed by atoms with E-state index in [1.54, 1.807) is 0 Å². The van der Waals surface area contributed by atoms with Crippen molar-refractivity contribution in [2.24, 2.45) is 0 Å². The molecule has 58 valence electrons. The van der Waals surface area contributed by atoms with Crippen molar-refractivity contribution in [2.75, 3.05) is 0 Å². The third-order valence-electron chi connectivity index (χ3n) is 1.19. The molecule has 0 aromatic heterocycles. The Balaban J connectivity index is 4.28. The first-order valence-corrected chi connectivity index (χ1v) is 3.21. The van der Waals surface area contributed by atoms with Gasteiger partial charge in [-0.2, -0.15) is 0 Å². The Labute approximate surface area is 60.0 Å². The maximum absolute atomic E-state index is 10.3. The molecule has 0 saturated heterocycles. The van der Waals surface area contributed by atoms with Crippen molar-refractivity contribution >= 4 is 5.97 Å². The third kappa shape index (κ3) is 2.53. The molecule has 0 unspecified atom stereocenters. The van der Waals surface area contributed by atoms with Crippen molar-refractivity contribution in [2.45, 2.75) is 26.7 Å². The Morgan fingerprint density at radius 3 is 2.00 bits per heavy atom. The maximum atomic E-state index is 10.3. The summed E-state index contributed by atoms with van der Waals surface area (Å²) in [4.78, 5) is 10.3. The summed E-state index contributed by atoms with van der Waals surface area (Å²) in [6.45, 7) is 3.25. The van der Waals surface area contributed by atoms with Crippen LogP contribution >= 0.6 is 0 Å². The lowest BCUT2D eigenvalue weighted by Gasteiger charge is -1.99. The summed E-state index contributed by atoms with van der Waals surface area (Å²) in [6, 6.07) is 0. The van der Waals surface area contributed by atoms with Crippen LogP contribution in [0.25, 0.3) is 0 Å². The van der Waals surface area contributed by atoms with E-state index < -0.39 is 5.97 Å². The van der Waals surface area contributed by atoms with Crippen LogP contribution in [0.2, 0.25) is 0 Å². The summed E-state index contributed by atoms with van der Waals surface area (Å²) in [5.74, 6) is -1.11. The lowest BCUT2D eigenvalue weighted by molar-refractivity contribution is -0.133. The third-order valence-corrected chi connectivity index (χ3v) is 1.19. The lowest BCUT2D eigenvalue weighted by atomic mass is 10.1. The van der Waals surface area contributed by atoms with E-state index in [1.165, 1.54) is 6.92 Å². The van der Waals surface area contributed by atoms with Crippen LogP contribution < -0.4 is 0 Å². The van der Waals surface area contributed by atoms with Crippen LogP contribution in [-0.2, 0) is 4.79 Å². The first kappa shape index (κ1) is 9.01. The molecule has 0 saturated carbocycles. The van der Waals surface area contributed by atoms with E-state index in [1.807, 2.05) is 6.92 Å². The predicted octanol–water partition coefficient (Wildman–Crippen LogP) is 1.70. The molecule has 0 radical (unpaired) electrons. The van der Waals surface area contributed by atoms with Crippen molar-refractivity contribution in [1.82, 2.24) is 0 Å². The summed E-state index contributed by atoms with van der Waals surface area (Å²) in [5, 5.41) is 17.3. The van der Waals surface area contributed by atoms with Gasteiger partial charge in [0.25, 0.3) is 0 Å². The lowest BCUT2D eigenvalue weighted by Crippen LogP contribution is -2.02. The zero-order chi connectivity index (χ0) is 8.15. The van der Waals surface area contributed by atoms with Crippen LogP contribution in [0.3, 0.4) is 0 Å². The standard InChI is InChI=1S/C7H12O3/c1-3-4-6(5(2)8)7(9)10/h8H,3-4H2,1-2H3,(H,9,10). The molecule has 0 rings (SSSR count). The fraction of sp³-hybridized carbons (Fsp3) is 0.571. The number of hydrogen-bond acceptors (Lipinski definition) is 2. The van der Waals surface area contributed by atoms with Crippen LogP contribution in [0.1, 0.15) is 26.7 Å². The molecule has 10 heavy (non-hydrogen) atoms. The molecule has 0 spiro atoms. The van der Waals surface area contributed by atoms with Gasteiger partial charge in [0.05, 0.1) is 11.3 Å². The van der Waals surface area contributed by atoms with Gasteiger partial charge < -0.3 is 10.2 Å². The zero-order valence-corrected chi connectivity index (χ0v) is 6.22. The minimum absolute atomic E-state index is 0.0886. The number of aliphatic hydroxyl groups excluding tert-OH is 1. The molecule has 3 nitrogen and oxygen atoms in total. The molecule has 0 aliphatic heterocycles. The number of allylic oxidation sites excluding steroid dienone is 1. The maximum Gasteiger partial charge on any atom is 0.334 e. The second kappa shape index (κ2) is 3.93. The van der Waals surface area contributed by atoms with Gasteiger partial charge >= 0.3 is 5.97 Å². The molecule has 0 heterocycles. The van der Waals surface area contributed by atoms with Gasteiger partial charge in [0.15, 0.2) is 0 Å². The summed E-state index contributed by atoms with van der Waals surface area (Å²) < 4.78 is 0. The molecular formula is C7H12O3. The summed E-state index contributed by atoms with van der Waals surface area (Å²) in [6.07, 6.45) is 1.16. The van der Waals surface area contributed by atoms with Gasteiger partial charge in [-0.1, -0.05) is 13.3 Å². The monoisotopic (exact) mass is 144 g/mol. The van der Waals surface area contributed by atoms with Crippen LogP contribution in [0, 0.1) is 0 Å². The Morgan fingerprint density at radius 1 is 1.40 bits per heavy atom. The SMILES string of the molecule is CCCC(C(=O)O)=C(C)O. The summed E-state index contributed by atoms with van der Waals surface area (Å²) in [7, 11) is 0. The zero-order valence-electron chi connectivity index (χ0n) is 6.22. The van der Waals surface area contributed by atoms with Crippen LogP contribution in [0.5, 0.6) is 0 Å². The number of carboxylic acids is 1. The topological polar surface area (TPSA) is 57.5 Å². The Kier molecular flexibility index (Phi) is 3.54. The van der Waals surface area contributed by atoms with Crippen molar-refractivity contribution in [3.63, 3.8) is 0 Å². The molecule has 2 N–H and O–H groups in total. The van der Waals surface area contributed by atoms with Crippen LogP contribution in [0.4, 0.5) is 0 Å². The molecular weight excluding hydrogens is 132 g/mol. The summed E-state index contributed by atoms with van der Waals surface area (Å²) in [5.41, 5.74) is 0.113. The van der Waals surface area contributed by atoms with E-state index in [9.17, 15) is 4.79 Å². The molecule has 0 atom stereocenters. The fourth-order valence-electron chi connectivity index (χ4n) is 0.693. The first-order chi connectivity index (χ1) is 4.59. The molecule has 0 aromatic carbocycles. The van der Waals surface area contributed by atoms with Crippen molar-refractivity contribution in [3.8, 4) is 0 Å². The second-order valence-electron chi connectivity index (χ2n) is 2.12. The number of carboxylic acid groups (broad SMARTS) is 1. The van der Waals surface area contributed by atoms with E-state index >= 15 is 0 Å². The Bertz CT molecular complexity index is 154. The van der Waals surface area contributed by atoms with Gasteiger partial charge in [0, 0.05) is 0 Å². The van der Waals surface area contributed by atoms with Gasteiger partial charge in [0.1, 0.15) is 0 Å². The summed E-state index contributed by atoms with van der Waals surface area (Å²) >= 11 is 0. The molecule has 0 fully saturated rings. The number of aliphatic hydroxyl groups is 1. The van der Waals surface area contributed by atoms with E-state index in [4.69, 9.17) is 10.2 Å². The highest BCUT2D eigenvalue weighted by Crippen LogP contribution is 2.08. The Morgan fingerprint density at radius 2 is 1.90 bits per heavy atom. The smallest absolute Gasteiger partial charge is 0.334 e.